The summed E-state index contributed by atoms with van der Waals surface area (Å²) in [4.78, 5) is 24.5. The molecule has 1 amide bonds. The van der Waals surface area contributed by atoms with Gasteiger partial charge in [0.05, 0.1) is 11.1 Å². The van der Waals surface area contributed by atoms with Crippen LogP contribution in [0.4, 0.5) is 0 Å². The van der Waals surface area contributed by atoms with E-state index in [9.17, 15) is 14.7 Å². The van der Waals surface area contributed by atoms with Crippen LogP contribution in [0.25, 0.3) is 10.9 Å². The molecule has 0 aliphatic heterocycles. The number of nitrogens with zero attached hydrogens (tertiary/aromatic N) is 1. The molecule has 0 radical (unpaired) electrons. The van der Waals surface area contributed by atoms with E-state index >= 15 is 0 Å². The van der Waals surface area contributed by atoms with Crippen LogP contribution in [-0.2, 0) is 11.3 Å². The van der Waals surface area contributed by atoms with E-state index in [0.717, 1.165) is 33.3 Å². The topological polar surface area (TPSA) is 80.6 Å². The lowest BCUT2D eigenvalue weighted by molar-refractivity contribution is -0.144. The third-order valence-electron chi connectivity index (χ3n) is 7.73. The van der Waals surface area contributed by atoms with Crippen LogP contribution < -0.4 is 10.1 Å². The van der Waals surface area contributed by atoms with E-state index in [2.05, 4.69) is 41.1 Å². The van der Waals surface area contributed by atoms with Crippen molar-refractivity contribution in [3.63, 3.8) is 0 Å². The molecule has 2 N–H and O–H groups in total. The smallest absolute Gasteiger partial charge is 0.344 e. The number of aromatic nitrogens is 1. The summed E-state index contributed by atoms with van der Waals surface area (Å²) in [5.41, 5.74) is 7.05. The van der Waals surface area contributed by atoms with E-state index in [0.29, 0.717) is 28.8 Å². The average Bonchev–Trinajstić information content (AvgIpc) is 3.75. The van der Waals surface area contributed by atoms with Gasteiger partial charge in [0.15, 0.2) is 6.10 Å². The van der Waals surface area contributed by atoms with Gasteiger partial charge < -0.3 is 19.7 Å². The maximum absolute atomic E-state index is 13.2. The van der Waals surface area contributed by atoms with Gasteiger partial charge in [-0.2, -0.15) is 0 Å². The Bertz CT molecular complexity index is 1570. The second-order valence-corrected chi connectivity index (χ2v) is 10.9. The number of ether oxygens (including phenoxy) is 1. The molecular formula is C32H33ClN2O4. The summed E-state index contributed by atoms with van der Waals surface area (Å²) in [6, 6.07) is 19.6. The van der Waals surface area contributed by atoms with E-state index < -0.39 is 12.1 Å². The molecule has 1 heterocycles. The SMILES string of the molecule is Cc1c(C)n(Cc2cccc(O[C@@H](C)C(=O)O)c2Cl)c2ccc(C(=O)N[C@@H](C)c3cccc(C4CC4)c3)cc12. The number of carboxylic acid groups (broad SMARTS) is 1. The van der Waals surface area contributed by atoms with Crippen molar-refractivity contribution in [3.8, 4) is 5.75 Å². The quantitative estimate of drug-likeness (QED) is 0.234. The molecule has 0 spiro atoms. The molecule has 202 valence electrons. The molecule has 3 aromatic carbocycles. The summed E-state index contributed by atoms with van der Waals surface area (Å²) in [5.74, 6) is -0.152. The van der Waals surface area contributed by atoms with Crippen LogP contribution in [0.1, 0.15) is 77.0 Å². The Morgan fingerprint density at radius 2 is 1.82 bits per heavy atom. The molecule has 4 aromatic rings. The van der Waals surface area contributed by atoms with Gasteiger partial charge in [-0.3, -0.25) is 4.79 Å². The fourth-order valence-electron chi connectivity index (χ4n) is 5.04. The van der Waals surface area contributed by atoms with Gasteiger partial charge in [-0.05, 0) is 93.0 Å². The maximum atomic E-state index is 13.2. The van der Waals surface area contributed by atoms with Crippen LogP contribution in [0.3, 0.4) is 0 Å². The third kappa shape index (κ3) is 5.52. The number of halogens is 1. The Hall–Kier alpha value is -3.77. The van der Waals surface area contributed by atoms with Crippen molar-refractivity contribution in [2.75, 3.05) is 0 Å². The highest BCUT2D eigenvalue weighted by Crippen LogP contribution is 2.40. The van der Waals surface area contributed by atoms with Crippen molar-refractivity contribution in [3.05, 3.63) is 99.2 Å². The monoisotopic (exact) mass is 544 g/mol. The van der Waals surface area contributed by atoms with Crippen LogP contribution in [0.2, 0.25) is 5.02 Å². The molecule has 6 nitrogen and oxygen atoms in total. The fraction of sp³-hybridized carbons (Fsp3) is 0.312. The number of benzene rings is 3. The zero-order valence-electron chi connectivity index (χ0n) is 22.6. The summed E-state index contributed by atoms with van der Waals surface area (Å²) >= 11 is 6.63. The first-order valence-corrected chi connectivity index (χ1v) is 13.7. The van der Waals surface area contributed by atoms with Crippen molar-refractivity contribution in [1.82, 2.24) is 9.88 Å². The lowest BCUT2D eigenvalue weighted by Crippen LogP contribution is -2.26. The van der Waals surface area contributed by atoms with Crippen LogP contribution in [0.15, 0.2) is 60.7 Å². The number of aliphatic carboxylic acids is 1. The van der Waals surface area contributed by atoms with E-state index in [1.54, 1.807) is 6.07 Å². The van der Waals surface area contributed by atoms with Crippen molar-refractivity contribution in [2.45, 2.75) is 65.1 Å². The second kappa shape index (κ2) is 10.8. The molecule has 1 saturated carbocycles. The Morgan fingerprint density at radius 3 is 2.54 bits per heavy atom. The number of carbonyl (C=O) groups is 2. The number of rotatable bonds is 9. The third-order valence-corrected chi connectivity index (χ3v) is 8.16. The molecule has 39 heavy (non-hydrogen) atoms. The Labute approximate surface area is 233 Å². The van der Waals surface area contributed by atoms with E-state index in [4.69, 9.17) is 16.3 Å². The number of aryl methyl sites for hydroxylation is 1. The summed E-state index contributed by atoms with van der Waals surface area (Å²) in [7, 11) is 0. The molecule has 0 saturated heterocycles. The minimum atomic E-state index is -1.06. The Morgan fingerprint density at radius 1 is 1.08 bits per heavy atom. The number of nitrogens with one attached hydrogen (secondary N) is 1. The highest BCUT2D eigenvalue weighted by Gasteiger charge is 2.24. The van der Waals surface area contributed by atoms with Crippen molar-refractivity contribution < 1.29 is 19.4 Å². The zero-order chi connectivity index (χ0) is 27.8. The molecule has 2 atom stereocenters. The van der Waals surface area contributed by atoms with E-state index in [1.807, 2.05) is 44.2 Å². The van der Waals surface area contributed by atoms with E-state index in [1.165, 1.54) is 25.3 Å². The molecule has 1 aliphatic rings. The average molecular weight is 545 g/mol. The highest BCUT2D eigenvalue weighted by atomic mass is 35.5. The number of amides is 1. The van der Waals surface area contributed by atoms with Gasteiger partial charge in [0.2, 0.25) is 0 Å². The molecular weight excluding hydrogens is 512 g/mol. The van der Waals surface area contributed by atoms with Gasteiger partial charge in [-0.1, -0.05) is 48.0 Å². The molecule has 0 unspecified atom stereocenters. The van der Waals surface area contributed by atoms with Gasteiger partial charge in [0.25, 0.3) is 5.91 Å². The highest BCUT2D eigenvalue weighted by molar-refractivity contribution is 6.32. The number of carbonyl (C=O) groups excluding carboxylic acids is 1. The molecule has 7 heteroatoms. The number of hydrogen-bond donors (Lipinski definition) is 2. The summed E-state index contributed by atoms with van der Waals surface area (Å²) in [5, 5.41) is 13.8. The first kappa shape index (κ1) is 26.8. The normalized spacial score (nSPS) is 14.7. The van der Waals surface area contributed by atoms with Crippen molar-refractivity contribution >= 4 is 34.4 Å². The second-order valence-electron chi connectivity index (χ2n) is 10.5. The summed E-state index contributed by atoms with van der Waals surface area (Å²) < 4.78 is 7.71. The van der Waals surface area contributed by atoms with Crippen LogP contribution in [0.5, 0.6) is 5.75 Å². The lowest BCUT2D eigenvalue weighted by atomic mass is 10.0. The number of carboxylic acids is 1. The molecule has 1 aromatic heterocycles. The summed E-state index contributed by atoms with van der Waals surface area (Å²) in [6.07, 6.45) is 1.49. The minimum absolute atomic E-state index is 0.0974. The molecule has 1 aliphatic carbocycles. The lowest BCUT2D eigenvalue weighted by Gasteiger charge is -2.16. The Balaban J connectivity index is 1.38. The van der Waals surface area contributed by atoms with Gasteiger partial charge in [-0.25, -0.2) is 4.79 Å². The minimum Gasteiger partial charge on any atom is -0.479 e. The maximum Gasteiger partial charge on any atom is 0.344 e. The van der Waals surface area contributed by atoms with Gasteiger partial charge in [-0.15, -0.1) is 0 Å². The molecule has 0 bridgehead atoms. The van der Waals surface area contributed by atoms with E-state index in [-0.39, 0.29) is 11.9 Å². The van der Waals surface area contributed by atoms with Crippen LogP contribution in [-0.4, -0.2) is 27.7 Å². The van der Waals surface area contributed by atoms with Gasteiger partial charge >= 0.3 is 5.97 Å². The zero-order valence-corrected chi connectivity index (χ0v) is 23.4. The first-order chi connectivity index (χ1) is 18.6. The fourth-order valence-corrected chi connectivity index (χ4v) is 5.27. The summed E-state index contributed by atoms with van der Waals surface area (Å²) in [6.45, 7) is 8.07. The number of fused-ring (bicyclic) bond motifs is 1. The molecule has 1 fully saturated rings. The largest absolute Gasteiger partial charge is 0.479 e. The first-order valence-electron chi connectivity index (χ1n) is 13.3. The number of hydrogen-bond acceptors (Lipinski definition) is 3. The Kier molecular flexibility index (Phi) is 7.41. The van der Waals surface area contributed by atoms with Gasteiger partial charge in [0.1, 0.15) is 5.75 Å². The predicted octanol–water partition coefficient (Wildman–Crippen LogP) is 7.18. The van der Waals surface area contributed by atoms with Crippen LogP contribution >= 0.6 is 11.6 Å². The van der Waals surface area contributed by atoms with Crippen LogP contribution in [0, 0.1) is 13.8 Å². The molecule has 5 rings (SSSR count). The van der Waals surface area contributed by atoms with Crippen molar-refractivity contribution in [2.24, 2.45) is 0 Å². The van der Waals surface area contributed by atoms with Gasteiger partial charge in [0, 0.05) is 28.7 Å². The predicted molar refractivity (Wildman–Crippen MR) is 154 cm³/mol. The standard InChI is InChI=1S/C32H33ClN2O4/c1-18-20(3)35(17-26-9-6-10-29(30(26)33)39-21(4)32(37)38)28-14-13-25(16-27(18)28)31(36)34-19(2)23-7-5-8-24(15-23)22-11-12-22/h5-10,13-16,19,21-22H,11-12,17H2,1-4H3,(H,34,36)(H,37,38)/t19-,21-/m0/s1. The van der Waals surface area contributed by atoms with Crippen molar-refractivity contribution in [1.29, 1.82) is 0 Å².